The Morgan fingerprint density at radius 3 is 2.25 bits per heavy atom. The summed E-state index contributed by atoms with van der Waals surface area (Å²) in [5.41, 5.74) is 0. The van der Waals surface area contributed by atoms with Gasteiger partial charge in [-0.2, -0.15) is 0 Å². The van der Waals surface area contributed by atoms with E-state index in [4.69, 9.17) is 0 Å². The molecule has 0 aromatic heterocycles. The highest BCUT2D eigenvalue weighted by atomic mass is 15.1. The molecule has 0 saturated carbocycles. The van der Waals surface area contributed by atoms with Crippen LogP contribution in [0.4, 0.5) is 0 Å². The van der Waals surface area contributed by atoms with Crippen molar-refractivity contribution in [1.29, 1.82) is 0 Å². The molecule has 0 unspecified atom stereocenters. The van der Waals surface area contributed by atoms with Gasteiger partial charge in [0.2, 0.25) is 0 Å². The van der Waals surface area contributed by atoms with E-state index in [1.54, 1.807) is 6.08 Å². The predicted octanol–water partition coefficient (Wildman–Crippen LogP) is 2.30. The van der Waals surface area contributed by atoms with Gasteiger partial charge in [-0.25, -0.2) is 0 Å². The smallest absolute Gasteiger partial charge is 0.0605 e. The van der Waals surface area contributed by atoms with E-state index in [1.807, 2.05) is 0 Å². The average Bonchev–Trinajstić information content (AvgIpc) is 2.06. The highest BCUT2D eigenvalue weighted by molar-refractivity contribution is 5.13. The van der Waals surface area contributed by atoms with Crippen LogP contribution in [-0.4, -0.2) is 24.5 Å². The number of nitrogens with zero attached hydrogens (tertiary/aromatic N) is 1. The minimum atomic E-state index is 0.883. The third-order valence-electron chi connectivity index (χ3n) is 1.59. The fraction of sp³-hybridized carbons (Fsp3) is 0.636. The van der Waals surface area contributed by atoms with E-state index in [1.165, 1.54) is 12.8 Å². The second kappa shape index (κ2) is 8.36. The number of allylic oxidation sites excluding steroid dienone is 1. The number of rotatable bonds is 5. The molecule has 0 aliphatic rings. The SMILES string of the molecule is C=CC#CCN(CCC)CCC. The number of hydrogen-bond acceptors (Lipinski definition) is 1. The van der Waals surface area contributed by atoms with Gasteiger partial charge in [-0.1, -0.05) is 32.3 Å². The largest absolute Gasteiger partial charge is 0.292 e. The van der Waals surface area contributed by atoms with Crippen molar-refractivity contribution in [3.8, 4) is 11.8 Å². The molecule has 0 aliphatic heterocycles. The predicted molar refractivity (Wildman–Crippen MR) is 55.0 cm³/mol. The maximum absolute atomic E-state index is 3.56. The first-order valence-corrected chi connectivity index (χ1v) is 4.66. The van der Waals surface area contributed by atoms with Crippen molar-refractivity contribution in [3.63, 3.8) is 0 Å². The first-order valence-electron chi connectivity index (χ1n) is 4.66. The monoisotopic (exact) mass is 165 g/mol. The summed E-state index contributed by atoms with van der Waals surface area (Å²) < 4.78 is 0. The van der Waals surface area contributed by atoms with Gasteiger partial charge in [0.15, 0.2) is 0 Å². The van der Waals surface area contributed by atoms with Crippen molar-refractivity contribution < 1.29 is 0 Å². The molecule has 0 spiro atoms. The second-order valence-corrected chi connectivity index (χ2v) is 2.80. The molecule has 12 heavy (non-hydrogen) atoms. The van der Waals surface area contributed by atoms with E-state index in [0.717, 1.165) is 19.6 Å². The molecule has 0 bridgehead atoms. The molecular formula is C11H19N. The summed E-state index contributed by atoms with van der Waals surface area (Å²) in [7, 11) is 0. The Bertz CT molecular complexity index is 156. The topological polar surface area (TPSA) is 3.24 Å². The van der Waals surface area contributed by atoms with Crippen LogP contribution < -0.4 is 0 Å². The van der Waals surface area contributed by atoms with Crippen molar-refractivity contribution in [1.82, 2.24) is 4.90 Å². The lowest BCUT2D eigenvalue weighted by Gasteiger charge is -2.17. The maximum Gasteiger partial charge on any atom is 0.0605 e. The zero-order chi connectivity index (χ0) is 9.23. The van der Waals surface area contributed by atoms with E-state index in [-0.39, 0.29) is 0 Å². The van der Waals surface area contributed by atoms with Crippen molar-refractivity contribution in [2.75, 3.05) is 19.6 Å². The Morgan fingerprint density at radius 2 is 1.83 bits per heavy atom. The van der Waals surface area contributed by atoms with Crippen LogP contribution >= 0.6 is 0 Å². The molecule has 0 radical (unpaired) electrons. The molecular weight excluding hydrogens is 146 g/mol. The molecule has 0 atom stereocenters. The van der Waals surface area contributed by atoms with Gasteiger partial charge >= 0.3 is 0 Å². The van der Waals surface area contributed by atoms with Gasteiger partial charge < -0.3 is 0 Å². The molecule has 0 rings (SSSR count). The van der Waals surface area contributed by atoms with Crippen molar-refractivity contribution in [3.05, 3.63) is 12.7 Å². The summed E-state index contributed by atoms with van der Waals surface area (Å²) in [5, 5.41) is 0. The first kappa shape index (κ1) is 11.3. The van der Waals surface area contributed by atoms with Crippen molar-refractivity contribution in [2.24, 2.45) is 0 Å². The Balaban J connectivity index is 3.68. The lowest BCUT2D eigenvalue weighted by atomic mass is 10.3. The van der Waals surface area contributed by atoms with Crippen LogP contribution in [0.25, 0.3) is 0 Å². The lowest BCUT2D eigenvalue weighted by Crippen LogP contribution is -2.25. The molecule has 0 N–H and O–H groups in total. The summed E-state index contributed by atoms with van der Waals surface area (Å²) in [6.07, 6.45) is 4.06. The Morgan fingerprint density at radius 1 is 1.25 bits per heavy atom. The van der Waals surface area contributed by atoms with E-state index in [9.17, 15) is 0 Å². The van der Waals surface area contributed by atoms with Gasteiger partial charge in [0, 0.05) is 0 Å². The molecule has 0 saturated heterocycles. The van der Waals surface area contributed by atoms with Gasteiger partial charge in [0.05, 0.1) is 6.54 Å². The summed E-state index contributed by atoms with van der Waals surface area (Å²) >= 11 is 0. The standard InChI is InChI=1S/C11H19N/c1-4-7-8-11-12(9-5-2)10-6-3/h4H,1,5-6,9-11H2,2-3H3. The summed E-state index contributed by atoms with van der Waals surface area (Å²) in [6, 6.07) is 0. The zero-order valence-electron chi connectivity index (χ0n) is 8.27. The van der Waals surface area contributed by atoms with Gasteiger partial charge in [-0.15, -0.1) is 0 Å². The fourth-order valence-corrected chi connectivity index (χ4v) is 1.13. The van der Waals surface area contributed by atoms with Crippen LogP contribution in [-0.2, 0) is 0 Å². The Hall–Kier alpha value is -0.740. The van der Waals surface area contributed by atoms with Crippen LogP contribution in [0.3, 0.4) is 0 Å². The maximum atomic E-state index is 3.56. The van der Waals surface area contributed by atoms with Crippen LogP contribution in [0, 0.1) is 11.8 Å². The summed E-state index contributed by atoms with van der Waals surface area (Å²) in [6.45, 7) is 11.1. The Kier molecular flexibility index (Phi) is 7.84. The van der Waals surface area contributed by atoms with Crippen molar-refractivity contribution >= 4 is 0 Å². The highest BCUT2D eigenvalue weighted by Crippen LogP contribution is 1.92. The van der Waals surface area contributed by atoms with E-state index in [2.05, 4.69) is 37.2 Å². The third-order valence-corrected chi connectivity index (χ3v) is 1.59. The van der Waals surface area contributed by atoms with Crippen LogP contribution in [0.1, 0.15) is 26.7 Å². The zero-order valence-corrected chi connectivity index (χ0v) is 8.27. The molecule has 0 aromatic carbocycles. The minimum Gasteiger partial charge on any atom is -0.292 e. The quantitative estimate of drug-likeness (QED) is 0.565. The molecule has 0 aromatic rings. The third kappa shape index (κ3) is 6.00. The molecule has 0 heterocycles. The van der Waals surface area contributed by atoms with Crippen LogP contribution in [0.2, 0.25) is 0 Å². The molecule has 1 heteroatoms. The van der Waals surface area contributed by atoms with Gasteiger partial charge in [-0.3, -0.25) is 4.90 Å². The second-order valence-electron chi connectivity index (χ2n) is 2.80. The Labute approximate surface area is 76.5 Å². The molecule has 1 nitrogen and oxygen atoms in total. The van der Waals surface area contributed by atoms with Gasteiger partial charge in [-0.05, 0) is 32.0 Å². The average molecular weight is 165 g/mol. The van der Waals surface area contributed by atoms with Gasteiger partial charge in [0.1, 0.15) is 0 Å². The summed E-state index contributed by atoms with van der Waals surface area (Å²) in [4.78, 5) is 2.37. The first-order chi connectivity index (χ1) is 5.85. The molecule has 0 amide bonds. The fourth-order valence-electron chi connectivity index (χ4n) is 1.13. The van der Waals surface area contributed by atoms with E-state index >= 15 is 0 Å². The highest BCUT2D eigenvalue weighted by Gasteiger charge is 1.97. The normalized spacial score (nSPS) is 9.25. The minimum absolute atomic E-state index is 0.883. The lowest BCUT2D eigenvalue weighted by molar-refractivity contribution is 0.308. The van der Waals surface area contributed by atoms with E-state index in [0.29, 0.717) is 0 Å². The van der Waals surface area contributed by atoms with E-state index < -0.39 is 0 Å². The molecule has 0 aliphatic carbocycles. The number of hydrogen-bond donors (Lipinski definition) is 0. The molecule has 0 fully saturated rings. The van der Waals surface area contributed by atoms with Crippen LogP contribution in [0.15, 0.2) is 12.7 Å². The molecule has 68 valence electrons. The van der Waals surface area contributed by atoms with Crippen LogP contribution in [0.5, 0.6) is 0 Å². The van der Waals surface area contributed by atoms with Crippen molar-refractivity contribution in [2.45, 2.75) is 26.7 Å². The summed E-state index contributed by atoms with van der Waals surface area (Å²) in [5.74, 6) is 5.93. The van der Waals surface area contributed by atoms with Gasteiger partial charge in [0.25, 0.3) is 0 Å².